The Morgan fingerprint density at radius 1 is 1.00 bits per heavy atom. The van der Waals surface area contributed by atoms with E-state index in [1.807, 2.05) is 6.07 Å². The van der Waals surface area contributed by atoms with Crippen LogP contribution in [0.3, 0.4) is 0 Å². The summed E-state index contributed by atoms with van der Waals surface area (Å²) >= 11 is 6.63. The number of amides is 1. The summed E-state index contributed by atoms with van der Waals surface area (Å²) in [4.78, 5) is 22.9. The number of halogens is 2. The van der Waals surface area contributed by atoms with Crippen LogP contribution in [-0.2, 0) is 0 Å². The minimum atomic E-state index is -1.00. The number of hydrogen-bond acceptors (Lipinski definition) is 2. The van der Waals surface area contributed by atoms with Gasteiger partial charge in [0.1, 0.15) is 0 Å². The summed E-state index contributed by atoms with van der Waals surface area (Å²) in [6.45, 7) is 0. The molecule has 2 N–H and O–H groups in total. The molecule has 0 atom stereocenters. The van der Waals surface area contributed by atoms with E-state index in [4.69, 9.17) is 5.11 Å². The van der Waals surface area contributed by atoms with Gasteiger partial charge in [0, 0.05) is 14.6 Å². The molecule has 2 rings (SSSR count). The molecule has 0 saturated heterocycles. The van der Waals surface area contributed by atoms with Gasteiger partial charge in [0.25, 0.3) is 5.91 Å². The Morgan fingerprint density at radius 2 is 1.65 bits per heavy atom. The van der Waals surface area contributed by atoms with Crippen molar-refractivity contribution in [3.63, 3.8) is 0 Å². The second-order valence-corrected chi connectivity index (χ2v) is 5.73. The van der Waals surface area contributed by atoms with Gasteiger partial charge in [-0.15, -0.1) is 0 Å². The standard InChI is InChI=1S/C14H9Br2NO3/c15-9-3-6-12(16)11(7-9)13(18)17-10-4-1-8(2-5-10)14(19)20/h1-7H,(H,17,18)(H,19,20). The van der Waals surface area contributed by atoms with E-state index < -0.39 is 5.97 Å². The zero-order valence-electron chi connectivity index (χ0n) is 10.1. The van der Waals surface area contributed by atoms with Crippen molar-refractivity contribution in [1.29, 1.82) is 0 Å². The van der Waals surface area contributed by atoms with Crippen LogP contribution in [0, 0.1) is 0 Å². The van der Waals surface area contributed by atoms with E-state index >= 15 is 0 Å². The Bertz CT molecular complexity index is 669. The molecule has 0 unspecified atom stereocenters. The number of carboxylic acids is 1. The molecule has 2 aromatic carbocycles. The predicted octanol–water partition coefficient (Wildman–Crippen LogP) is 4.16. The third-order valence-corrected chi connectivity index (χ3v) is 3.75. The van der Waals surface area contributed by atoms with Crippen LogP contribution in [0.2, 0.25) is 0 Å². The molecule has 0 radical (unpaired) electrons. The Morgan fingerprint density at radius 3 is 2.25 bits per heavy atom. The van der Waals surface area contributed by atoms with E-state index in [0.717, 1.165) is 4.47 Å². The molecule has 0 aliphatic carbocycles. The van der Waals surface area contributed by atoms with Gasteiger partial charge >= 0.3 is 5.97 Å². The second-order valence-electron chi connectivity index (χ2n) is 3.96. The van der Waals surface area contributed by atoms with Crippen molar-refractivity contribution in [3.8, 4) is 0 Å². The van der Waals surface area contributed by atoms with Crippen molar-refractivity contribution in [3.05, 3.63) is 62.5 Å². The fraction of sp³-hybridized carbons (Fsp3) is 0. The summed E-state index contributed by atoms with van der Waals surface area (Å²) in [5, 5.41) is 11.5. The molecule has 0 fully saturated rings. The lowest BCUT2D eigenvalue weighted by molar-refractivity contribution is 0.0696. The van der Waals surface area contributed by atoms with E-state index in [-0.39, 0.29) is 11.5 Å². The minimum absolute atomic E-state index is 0.173. The molecule has 0 saturated carbocycles. The summed E-state index contributed by atoms with van der Waals surface area (Å²) in [7, 11) is 0. The number of benzene rings is 2. The summed E-state index contributed by atoms with van der Waals surface area (Å²) < 4.78 is 1.48. The third kappa shape index (κ3) is 3.46. The maximum Gasteiger partial charge on any atom is 0.335 e. The Labute approximate surface area is 132 Å². The molecule has 0 spiro atoms. The summed E-state index contributed by atoms with van der Waals surface area (Å²) in [6.07, 6.45) is 0. The first-order valence-electron chi connectivity index (χ1n) is 5.57. The molecule has 4 nitrogen and oxygen atoms in total. The van der Waals surface area contributed by atoms with Gasteiger partial charge in [0.05, 0.1) is 11.1 Å². The predicted molar refractivity (Wildman–Crippen MR) is 83.2 cm³/mol. The average Bonchev–Trinajstić information content (AvgIpc) is 2.42. The minimum Gasteiger partial charge on any atom is -0.478 e. The zero-order chi connectivity index (χ0) is 14.7. The second kappa shape index (κ2) is 6.19. The van der Waals surface area contributed by atoms with Crippen molar-refractivity contribution >= 4 is 49.4 Å². The van der Waals surface area contributed by atoms with E-state index in [2.05, 4.69) is 37.2 Å². The van der Waals surface area contributed by atoms with E-state index in [1.54, 1.807) is 24.3 Å². The number of carbonyl (C=O) groups is 2. The Kier molecular flexibility index (Phi) is 4.57. The molecule has 0 aliphatic heterocycles. The summed E-state index contributed by atoms with van der Waals surface area (Å²) in [6, 6.07) is 11.3. The van der Waals surface area contributed by atoms with Gasteiger partial charge in [-0.1, -0.05) is 15.9 Å². The number of aromatic carboxylic acids is 1. The lowest BCUT2D eigenvalue weighted by Gasteiger charge is -2.07. The quantitative estimate of drug-likeness (QED) is 0.815. The summed E-state index contributed by atoms with van der Waals surface area (Å²) in [5.41, 5.74) is 1.19. The maximum atomic E-state index is 12.1. The fourth-order valence-corrected chi connectivity index (χ4v) is 2.35. The van der Waals surface area contributed by atoms with Gasteiger partial charge in [-0.2, -0.15) is 0 Å². The molecular weight excluding hydrogens is 390 g/mol. The van der Waals surface area contributed by atoms with Crippen LogP contribution in [0.25, 0.3) is 0 Å². The van der Waals surface area contributed by atoms with Crippen LogP contribution in [0.15, 0.2) is 51.4 Å². The van der Waals surface area contributed by atoms with Crippen LogP contribution >= 0.6 is 31.9 Å². The van der Waals surface area contributed by atoms with Crippen LogP contribution in [0.5, 0.6) is 0 Å². The van der Waals surface area contributed by atoms with E-state index in [1.165, 1.54) is 12.1 Å². The van der Waals surface area contributed by atoms with Crippen LogP contribution < -0.4 is 5.32 Å². The van der Waals surface area contributed by atoms with Crippen molar-refractivity contribution in [1.82, 2.24) is 0 Å². The molecular formula is C14H9Br2NO3. The summed E-state index contributed by atoms with van der Waals surface area (Å²) in [5.74, 6) is -1.28. The normalized spacial score (nSPS) is 10.1. The number of carbonyl (C=O) groups excluding carboxylic acids is 1. The van der Waals surface area contributed by atoms with E-state index in [9.17, 15) is 9.59 Å². The molecule has 0 heterocycles. The van der Waals surface area contributed by atoms with Gasteiger partial charge in [0.15, 0.2) is 0 Å². The smallest absolute Gasteiger partial charge is 0.335 e. The monoisotopic (exact) mass is 397 g/mol. The molecule has 6 heteroatoms. The van der Waals surface area contributed by atoms with Gasteiger partial charge in [-0.05, 0) is 58.4 Å². The fourth-order valence-electron chi connectivity index (χ4n) is 1.57. The molecule has 0 bridgehead atoms. The molecule has 102 valence electrons. The van der Waals surface area contributed by atoms with Crippen molar-refractivity contribution < 1.29 is 14.7 Å². The lowest BCUT2D eigenvalue weighted by atomic mass is 10.2. The van der Waals surface area contributed by atoms with Gasteiger partial charge in [-0.3, -0.25) is 4.79 Å². The number of anilines is 1. The van der Waals surface area contributed by atoms with Crippen LogP contribution in [-0.4, -0.2) is 17.0 Å². The van der Waals surface area contributed by atoms with Gasteiger partial charge in [-0.25, -0.2) is 4.79 Å². The zero-order valence-corrected chi connectivity index (χ0v) is 13.2. The van der Waals surface area contributed by atoms with Crippen molar-refractivity contribution in [2.24, 2.45) is 0 Å². The van der Waals surface area contributed by atoms with E-state index in [0.29, 0.717) is 15.7 Å². The first-order chi connectivity index (χ1) is 9.47. The maximum absolute atomic E-state index is 12.1. The highest BCUT2D eigenvalue weighted by Crippen LogP contribution is 2.22. The topological polar surface area (TPSA) is 66.4 Å². The largest absolute Gasteiger partial charge is 0.478 e. The Balaban J connectivity index is 2.19. The number of hydrogen-bond donors (Lipinski definition) is 2. The number of rotatable bonds is 3. The Hall–Kier alpha value is -1.66. The highest BCUT2D eigenvalue weighted by atomic mass is 79.9. The number of nitrogens with one attached hydrogen (secondary N) is 1. The van der Waals surface area contributed by atoms with Crippen molar-refractivity contribution in [2.45, 2.75) is 0 Å². The van der Waals surface area contributed by atoms with Gasteiger partial charge < -0.3 is 10.4 Å². The van der Waals surface area contributed by atoms with Crippen LogP contribution in [0.1, 0.15) is 20.7 Å². The first kappa shape index (κ1) is 14.7. The van der Waals surface area contributed by atoms with Crippen LogP contribution in [0.4, 0.5) is 5.69 Å². The number of carboxylic acid groups (broad SMARTS) is 1. The first-order valence-corrected chi connectivity index (χ1v) is 7.16. The molecule has 20 heavy (non-hydrogen) atoms. The lowest BCUT2D eigenvalue weighted by Crippen LogP contribution is -2.12. The van der Waals surface area contributed by atoms with Crippen molar-refractivity contribution in [2.75, 3.05) is 5.32 Å². The highest BCUT2D eigenvalue weighted by molar-refractivity contribution is 9.11. The van der Waals surface area contributed by atoms with Gasteiger partial charge in [0.2, 0.25) is 0 Å². The average molecular weight is 399 g/mol. The SMILES string of the molecule is O=C(O)c1ccc(NC(=O)c2cc(Br)ccc2Br)cc1. The third-order valence-electron chi connectivity index (χ3n) is 2.56. The molecule has 2 aromatic rings. The molecule has 0 aliphatic rings. The molecule has 1 amide bonds. The molecule has 0 aromatic heterocycles. The highest BCUT2D eigenvalue weighted by Gasteiger charge is 2.11.